The summed E-state index contributed by atoms with van der Waals surface area (Å²) in [4.78, 5) is 15.4. The van der Waals surface area contributed by atoms with Crippen molar-refractivity contribution in [1.82, 2.24) is 25.1 Å². The molecule has 2 aromatic heterocycles. The number of fused-ring (bicyclic) bond motifs is 1. The van der Waals surface area contributed by atoms with Gasteiger partial charge in [0.2, 0.25) is 5.91 Å². The number of carbonyl (C=O) groups excluding carboxylic acids is 1. The molecule has 1 amide bonds. The molecular formula is C21H20FN5OS. The van der Waals surface area contributed by atoms with Gasteiger partial charge in [-0.1, -0.05) is 42.1 Å². The number of nitrogens with zero attached hydrogens (tertiary/aromatic N) is 3. The van der Waals surface area contributed by atoms with Crippen molar-refractivity contribution in [1.29, 1.82) is 0 Å². The first kappa shape index (κ1) is 19.2. The number of thioether (sulfide) groups is 1. The first-order chi connectivity index (χ1) is 14.1. The van der Waals surface area contributed by atoms with Gasteiger partial charge in [-0.2, -0.15) is 0 Å². The maximum Gasteiger partial charge on any atom is 0.230 e. The van der Waals surface area contributed by atoms with E-state index in [4.69, 9.17) is 0 Å². The molecule has 6 nitrogen and oxygen atoms in total. The lowest BCUT2D eigenvalue weighted by Crippen LogP contribution is -2.27. The van der Waals surface area contributed by atoms with Crippen LogP contribution in [0, 0.1) is 5.82 Å². The number of hydrogen-bond acceptors (Lipinski definition) is 4. The van der Waals surface area contributed by atoms with Gasteiger partial charge in [-0.3, -0.25) is 4.79 Å². The molecule has 4 aromatic rings. The molecule has 0 unspecified atom stereocenters. The fraction of sp³-hybridized carbons (Fsp3) is 0.190. The molecule has 0 spiro atoms. The van der Waals surface area contributed by atoms with Crippen molar-refractivity contribution in [3.05, 3.63) is 66.1 Å². The number of halogens is 1. The van der Waals surface area contributed by atoms with E-state index in [9.17, 15) is 9.18 Å². The van der Waals surface area contributed by atoms with Gasteiger partial charge in [-0.05, 0) is 30.2 Å². The summed E-state index contributed by atoms with van der Waals surface area (Å²) in [5.74, 6) is 0.224. The second-order valence-electron chi connectivity index (χ2n) is 6.59. The van der Waals surface area contributed by atoms with E-state index in [0.717, 1.165) is 11.9 Å². The van der Waals surface area contributed by atoms with Crippen LogP contribution >= 0.6 is 11.8 Å². The van der Waals surface area contributed by atoms with E-state index < -0.39 is 0 Å². The number of hydrogen-bond donors (Lipinski definition) is 2. The van der Waals surface area contributed by atoms with Crippen molar-refractivity contribution in [3.63, 3.8) is 0 Å². The van der Waals surface area contributed by atoms with Crippen LogP contribution in [0.5, 0.6) is 0 Å². The van der Waals surface area contributed by atoms with Gasteiger partial charge in [0, 0.05) is 30.7 Å². The molecule has 0 bridgehead atoms. The Hall–Kier alpha value is -3.13. The van der Waals surface area contributed by atoms with Crippen LogP contribution in [-0.2, 0) is 18.3 Å². The van der Waals surface area contributed by atoms with Gasteiger partial charge >= 0.3 is 0 Å². The minimum atomic E-state index is -0.352. The third-order valence-corrected chi connectivity index (χ3v) is 5.69. The lowest BCUT2D eigenvalue weighted by atomic mass is 10.1. The molecule has 2 aromatic carbocycles. The monoisotopic (exact) mass is 409 g/mol. The Balaban J connectivity index is 1.30. The number of rotatable bonds is 7. The molecule has 0 radical (unpaired) electrons. The van der Waals surface area contributed by atoms with Crippen LogP contribution in [0.4, 0.5) is 4.39 Å². The smallest absolute Gasteiger partial charge is 0.230 e. The van der Waals surface area contributed by atoms with Crippen LogP contribution in [0.3, 0.4) is 0 Å². The topological polar surface area (TPSA) is 75.6 Å². The third kappa shape index (κ3) is 4.17. The number of carbonyl (C=O) groups is 1. The average Bonchev–Trinajstić information content (AvgIpc) is 3.31. The summed E-state index contributed by atoms with van der Waals surface area (Å²) in [6, 6.07) is 14.5. The van der Waals surface area contributed by atoms with Crippen LogP contribution in [0.15, 0.2) is 59.9 Å². The number of para-hydroxylation sites is 1. The Kier molecular flexibility index (Phi) is 5.62. The zero-order chi connectivity index (χ0) is 20.2. The second kappa shape index (κ2) is 8.48. The molecule has 0 aliphatic carbocycles. The molecule has 148 valence electrons. The van der Waals surface area contributed by atoms with Crippen LogP contribution in [-0.4, -0.2) is 38.0 Å². The van der Waals surface area contributed by atoms with Crippen molar-refractivity contribution in [2.45, 2.75) is 11.6 Å². The normalized spacial score (nSPS) is 11.1. The van der Waals surface area contributed by atoms with E-state index >= 15 is 0 Å². The van der Waals surface area contributed by atoms with Crippen LogP contribution < -0.4 is 5.32 Å². The maximum atomic E-state index is 14.0. The van der Waals surface area contributed by atoms with Gasteiger partial charge in [-0.25, -0.2) is 4.39 Å². The van der Waals surface area contributed by atoms with Gasteiger partial charge in [-0.15, -0.1) is 10.2 Å². The number of aromatic nitrogens is 4. The molecule has 0 aliphatic rings. The standard InChI is InChI=1S/C21H20FN5OS/c1-27-20(16-7-2-4-8-17(16)22)25-26-21(27)29-13-19(28)23-11-10-14-12-24-18-9-5-3-6-15(14)18/h2-9,12,24H,10-11,13H2,1H3,(H,23,28). The summed E-state index contributed by atoms with van der Waals surface area (Å²) in [6.45, 7) is 0.556. The summed E-state index contributed by atoms with van der Waals surface area (Å²) in [5.41, 5.74) is 2.66. The Morgan fingerprint density at radius 2 is 1.97 bits per heavy atom. The number of aromatic amines is 1. The van der Waals surface area contributed by atoms with Gasteiger partial charge in [0.25, 0.3) is 0 Å². The summed E-state index contributed by atoms with van der Waals surface area (Å²) >= 11 is 1.28. The summed E-state index contributed by atoms with van der Waals surface area (Å²) in [7, 11) is 1.76. The lowest BCUT2D eigenvalue weighted by molar-refractivity contribution is -0.118. The second-order valence-corrected chi connectivity index (χ2v) is 7.54. The molecular weight excluding hydrogens is 389 g/mol. The van der Waals surface area contributed by atoms with Crippen molar-refractivity contribution in [2.24, 2.45) is 7.05 Å². The molecule has 0 saturated carbocycles. The predicted molar refractivity (Wildman–Crippen MR) is 112 cm³/mol. The van der Waals surface area contributed by atoms with Crippen molar-refractivity contribution in [2.75, 3.05) is 12.3 Å². The van der Waals surface area contributed by atoms with Crippen molar-refractivity contribution < 1.29 is 9.18 Å². The summed E-state index contributed by atoms with van der Waals surface area (Å²) in [5, 5.41) is 12.8. The number of H-pyrrole nitrogens is 1. The first-order valence-corrected chi connectivity index (χ1v) is 10.2. The van der Waals surface area contributed by atoms with E-state index in [1.807, 2.05) is 24.4 Å². The fourth-order valence-electron chi connectivity index (χ4n) is 3.17. The van der Waals surface area contributed by atoms with Gasteiger partial charge in [0.1, 0.15) is 5.82 Å². The Morgan fingerprint density at radius 3 is 2.83 bits per heavy atom. The minimum Gasteiger partial charge on any atom is -0.361 e. The molecule has 0 aliphatic heterocycles. The molecule has 4 rings (SSSR count). The molecule has 8 heteroatoms. The van der Waals surface area contributed by atoms with Gasteiger partial charge < -0.3 is 14.9 Å². The molecule has 0 saturated heterocycles. The van der Waals surface area contributed by atoms with Crippen LogP contribution in [0.2, 0.25) is 0 Å². The van der Waals surface area contributed by atoms with E-state index in [2.05, 4.69) is 26.6 Å². The van der Waals surface area contributed by atoms with Gasteiger partial charge in [0.05, 0.1) is 11.3 Å². The fourth-order valence-corrected chi connectivity index (χ4v) is 3.91. The van der Waals surface area contributed by atoms with Crippen molar-refractivity contribution in [3.8, 4) is 11.4 Å². The quantitative estimate of drug-likeness (QED) is 0.458. The molecule has 0 fully saturated rings. The predicted octanol–water partition coefficient (Wildman–Crippen LogP) is 3.55. The largest absolute Gasteiger partial charge is 0.361 e. The Labute approximate surface area is 171 Å². The van der Waals surface area contributed by atoms with E-state index in [1.165, 1.54) is 28.8 Å². The average molecular weight is 409 g/mol. The van der Waals surface area contributed by atoms with E-state index in [0.29, 0.717) is 23.1 Å². The highest BCUT2D eigenvalue weighted by atomic mass is 32.2. The molecule has 2 N–H and O–H groups in total. The molecule has 0 atom stereocenters. The van der Waals surface area contributed by atoms with Gasteiger partial charge in [0.15, 0.2) is 11.0 Å². The highest BCUT2D eigenvalue weighted by Gasteiger charge is 2.15. The van der Waals surface area contributed by atoms with E-state index in [-0.39, 0.29) is 17.5 Å². The lowest BCUT2D eigenvalue weighted by Gasteiger charge is -2.06. The Morgan fingerprint density at radius 1 is 1.17 bits per heavy atom. The van der Waals surface area contributed by atoms with Crippen LogP contribution in [0.25, 0.3) is 22.3 Å². The van der Waals surface area contributed by atoms with Crippen LogP contribution in [0.1, 0.15) is 5.56 Å². The molecule has 2 heterocycles. The third-order valence-electron chi connectivity index (χ3n) is 4.67. The SMILES string of the molecule is Cn1c(SCC(=O)NCCc2c[nH]c3ccccc23)nnc1-c1ccccc1F. The maximum absolute atomic E-state index is 14.0. The summed E-state index contributed by atoms with van der Waals surface area (Å²) in [6.07, 6.45) is 2.73. The highest BCUT2D eigenvalue weighted by molar-refractivity contribution is 7.99. The number of benzene rings is 2. The zero-order valence-electron chi connectivity index (χ0n) is 15.9. The van der Waals surface area contributed by atoms with Crippen molar-refractivity contribution >= 4 is 28.6 Å². The molecule has 29 heavy (non-hydrogen) atoms. The minimum absolute atomic E-state index is 0.0784. The summed E-state index contributed by atoms with van der Waals surface area (Å²) < 4.78 is 15.7. The highest BCUT2D eigenvalue weighted by Crippen LogP contribution is 2.24. The zero-order valence-corrected chi connectivity index (χ0v) is 16.7. The number of amides is 1. The van der Waals surface area contributed by atoms with E-state index in [1.54, 1.807) is 29.8 Å². The first-order valence-electron chi connectivity index (χ1n) is 9.22. The number of nitrogens with one attached hydrogen (secondary N) is 2. The Bertz CT molecular complexity index is 1150.